The van der Waals surface area contributed by atoms with Crippen LogP contribution in [0.2, 0.25) is 0 Å². The molecule has 1 unspecified atom stereocenters. The van der Waals surface area contributed by atoms with Gasteiger partial charge in [0.2, 0.25) is 0 Å². The lowest BCUT2D eigenvalue weighted by molar-refractivity contribution is 0.479. The third-order valence-electron chi connectivity index (χ3n) is 3.33. The number of hydrogen-bond acceptors (Lipinski definition) is 2. The maximum absolute atomic E-state index is 6.50. The zero-order valence-electron chi connectivity index (χ0n) is 11.6. The smallest absolute Gasteiger partial charge is 0.0646 e. The Morgan fingerprint density at radius 1 is 1.28 bits per heavy atom. The Labute approximate surface area is 109 Å². The molecule has 2 aromatic rings. The molecule has 1 heterocycles. The molecule has 3 heteroatoms. The second kappa shape index (κ2) is 4.58. The molecule has 1 aromatic carbocycles. The quantitative estimate of drug-likeness (QED) is 0.900. The van der Waals surface area contributed by atoms with Crippen molar-refractivity contribution in [1.82, 2.24) is 9.78 Å². The number of nitrogens with two attached hydrogens (primary N) is 1. The van der Waals surface area contributed by atoms with E-state index in [1.807, 2.05) is 24.0 Å². The molecular formula is C15H21N3. The summed E-state index contributed by atoms with van der Waals surface area (Å²) in [6.07, 6.45) is 2.70. The Bertz CT molecular complexity index is 553. The van der Waals surface area contributed by atoms with Crippen molar-refractivity contribution in [2.75, 3.05) is 0 Å². The predicted octanol–water partition coefficient (Wildman–Crippen LogP) is 2.45. The van der Waals surface area contributed by atoms with Crippen LogP contribution < -0.4 is 5.73 Å². The number of aryl methyl sites for hydroxylation is 3. The number of rotatable bonds is 3. The van der Waals surface area contributed by atoms with Crippen molar-refractivity contribution >= 4 is 0 Å². The lowest BCUT2D eigenvalue weighted by atomic mass is 9.85. The van der Waals surface area contributed by atoms with E-state index in [1.54, 1.807) is 0 Å². The fraction of sp³-hybridized carbons (Fsp3) is 0.400. The molecule has 0 radical (unpaired) electrons. The minimum absolute atomic E-state index is 0.384. The van der Waals surface area contributed by atoms with Crippen molar-refractivity contribution in [2.45, 2.75) is 32.7 Å². The lowest BCUT2D eigenvalue weighted by Gasteiger charge is -2.26. The summed E-state index contributed by atoms with van der Waals surface area (Å²) < 4.78 is 1.81. The summed E-state index contributed by atoms with van der Waals surface area (Å²) in [4.78, 5) is 0. The number of hydrogen-bond donors (Lipinski definition) is 1. The topological polar surface area (TPSA) is 43.8 Å². The fourth-order valence-electron chi connectivity index (χ4n) is 2.38. The Kier molecular flexibility index (Phi) is 3.26. The van der Waals surface area contributed by atoms with Gasteiger partial charge in [-0.15, -0.1) is 0 Å². The molecule has 1 atom stereocenters. The zero-order chi connectivity index (χ0) is 13.3. The standard InChI is InChI=1S/C15H21N3/c1-11-5-6-12(2)14(9-11)15(3,16)10-13-7-8-18(4)17-13/h5-9H,10,16H2,1-4H3. The molecule has 2 rings (SSSR count). The molecule has 0 saturated heterocycles. The van der Waals surface area contributed by atoms with Gasteiger partial charge in [-0.3, -0.25) is 4.68 Å². The Hall–Kier alpha value is -1.61. The SMILES string of the molecule is Cc1ccc(C)c(C(C)(N)Cc2ccn(C)n2)c1. The largest absolute Gasteiger partial charge is 0.321 e. The van der Waals surface area contributed by atoms with Crippen LogP contribution in [-0.4, -0.2) is 9.78 Å². The normalized spacial score (nSPS) is 14.5. The van der Waals surface area contributed by atoms with Crippen LogP contribution >= 0.6 is 0 Å². The van der Waals surface area contributed by atoms with Crippen molar-refractivity contribution in [1.29, 1.82) is 0 Å². The van der Waals surface area contributed by atoms with Gasteiger partial charge in [-0.1, -0.05) is 23.8 Å². The van der Waals surface area contributed by atoms with Gasteiger partial charge in [-0.2, -0.15) is 5.10 Å². The van der Waals surface area contributed by atoms with Gasteiger partial charge in [0.15, 0.2) is 0 Å². The van der Waals surface area contributed by atoms with Crippen molar-refractivity contribution in [3.8, 4) is 0 Å². The summed E-state index contributed by atoms with van der Waals surface area (Å²) in [5.74, 6) is 0. The maximum atomic E-state index is 6.50. The number of aromatic nitrogens is 2. The first kappa shape index (κ1) is 12.8. The summed E-state index contributed by atoms with van der Waals surface area (Å²) in [5.41, 5.74) is 10.8. The van der Waals surface area contributed by atoms with Crippen LogP contribution in [0.4, 0.5) is 0 Å². The maximum Gasteiger partial charge on any atom is 0.0646 e. The van der Waals surface area contributed by atoms with E-state index in [0.717, 1.165) is 12.1 Å². The molecular weight excluding hydrogens is 222 g/mol. The fourth-order valence-corrected chi connectivity index (χ4v) is 2.38. The minimum Gasteiger partial charge on any atom is -0.321 e. The van der Waals surface area contributed by atoms with Gasteiger partial charge >= 0.3 is 0 Å². The van der Waals surface area contributed by atoms with E-state index in [9.17, 15) is 0 Å². The molecule has 0 fully saturated rings. The molecule has 0 spiro atoms. The summed E-state index contributed by atoms with van der Waals surface area (Å²) in [6.45, 7) is 6.28. The van der Waals surface area contributed by atoms with Gasteiger partial charge in [-0.05, 0) is 38.0 Å². The van der Waals surface area contributed by atoms with E-state index < -0.39 is 0 Å². The van der Waals surface area contributed by atoms with Gasteiger partial charge in [-0.25, -0.2) is 0 Å². The average Bonchev–Trinajstić information content (AvgIpc) is 2.66. The minimum atomic E-state index is -0.384. The van der Waals surface area contributed by atoms with E-state index in [0.29, 0.717) is 0 Å². The van der Waals surface area contributed by atoms with E-state index in [2.05, 4.69) is 44.1 Å². The lowest BCUT2D eigenvalue weighted by Crippen LogP contribution is -2.36. The molecule has 18 heavy (non-hydrogen) atoms. The molecule has 96 valence electrons. The Morgan fingerprint density at radius 2 is 2.00 bits per heavy atom. The van der Waals surface area contributed by atoms with Crippen molar-refractivity contribution < 1.29 is 0 Å². The van der Waals surface area contributed by atoms with E-state index in [-0.39, 0.29) is 5.54 Å². The van der Waals surface area contributed by atoms with Gasteiger partial charge in [0.1, 0.15) is 0 Å². The molecule has 0 aliphatic rings. The molecule has 0 aliphatic heterocycles. The molecule has 2 N–H and O–H groups in total. The summed E-state index contributed by atoms with van der Waals surface area (Å²) in [5, 5.41) is 4.41. The molecule has 1 aromatic heterocycles. The first-order valence-corrected chi connectivity index (χ1v) is 6.23. The van der Waals surface area contributed by atoms with Crippen molar-refractivity contribution in [3.63, 3.8) is 0 Å². The highest BCUT2D eigenvalue weighted by Crippen LogP contribution is 2.26. The van der Waals surface area contributed by atoms with Crippen molar-refractivity contribution in [2.24, 2.45) is 12.8 Å². The van der Waals surface area contributed by atoms with Crippen LogP contribution in [0.15, 0.2) is 30.5 Å². The Balaban J connectivity index is 2.32. The second-order valence-corrected chi connectivity index (χ2v) is 5.39. The first-order valence-electron chi connectivity index (χ1n) is 6.23. The predicted molar refractivity (Wildman–Crippen MR) is 74.4 cm³/mol. The van der Waals surface area contributed by atoms with Crippen LogP contribution in [0.5, 0.6) is 0 Å². The van der Waals surface area contributed by atoms with Crippen LogP contribution in [0.3, 0.4) is 0 Å². The zero-order valence-corrected chi connectivity index (χ0v) is 11.6. The molecule has 0 bridgehead atoms. The second-order valence-electron chi connectivity index (χ2n) is 5.39. The van der Waals surface area contributed by atoms with Gasteiger partial charge < -0.3 is 5.73 Å². The van der Waals surface area contributed by atoms with Crippen LogP contribution in [0, 0.1) is 13.8 Å². The highest BCUT2D eigenvalue weighted by Gasteiger charge is 2.24. The molecule has 3 nitrogen and oxygen atoms in total. The van der Waals surface area contributed by atoms with E-state index in [1.165, 1.54) is 16.7 Å². The number of benzene rings is 1. The average molecular weight is 243 g/mol. The molecule has 0 aliphatic carbocycles. The third kappa shape index (κ3) is 2.62. The van der Waals surface area contributed by atoms with Crippen molar-refractivity contribution in [3.05, 3.63) is 52.8 Å². The van der Waals surface area contributed by atoms with Crippen LogP contribution in [0.25, 0.3) is 0 Å². The van der Waals surface area contributed by atoms with E-state index >= 15 is 0 Å². The van der Waals surface area contributed by atoms with Crippen LogP contribution in [0.1, 0.15) is 29.3 Å². The highest BCUT2D eigenvalue weighted by atomic mass is 15.2. The number of nitrogens with zero attached hydrogens (tertiary/aromatic N) is 2. The highest BCUT2D eigenvalue weighted by molar-refractivity contribution is 5.36. The van der Waals surface area contributed by atoms with Crippen LogP contribution in [-0.2, 0) is 19.0 Å². The van der Waals surface area contributed by atoms with Gasteiger partial charge in [0.05, 0.1) is 5.69 Å². The summed E-state index contributed by atoms with van der Waals surface area (Å²) >= 11 is 0. The van der Waals surface area contributed by atoms with Gasteiger partial charge in [0, 0.05) is 25.2 Å². The first-order chi connectivity index (χ1) is 8.38. The molecule has 0 amide bonds. The summed E-state index contributed by atoms with van der Waals surface area (Å²) in [6, 6.07) is 8.46. The molecule has 0 saturated carbocycles. The monoisotopic (exact) mass is 243 g/mol. The summed E-state index contributed by atoms with van der Waals surface area (Å²) in [7, 11) is 1.93. The Morgan fingerprint density at radius 3 is 2.61 bits per heavy atom. The van der Waals surface area contributed by atoms with E-state index in [4.69, 9.17) is 5.73 Å². The third-order valence-corrected chi connectivity index (χ3v) is 3.33. The van der Waals surface area contributed by atoms with Gasteiger partial charge in [0.25, 0.3) is 0 Å².